The van der Waals surface area contributed by atoms with Crippen LogP contribution < -0.4 is 5.32 Å². The van der Waals surface area contributed by atoms with E-state index in [4.69, 9.17) is 10.00 Å². The SMILES string of the molecule is C[C@H](OCCCNC(=O)/C=C/c1cn(CCC#N)c2ccccc12)c1ccccc1. The number of rotatable bonds is 10. The Morgan fingerprint density at radius 3 is 2.77 bits per heavy atom. The topological polar surface area (TPSA) is 67.0 Å². The fourth-order valence-electron chi connectivity index (χ4n) is 3.35. The number of nitrogens with zero attached hydrogens (tertiary/aromatic N) is 2. The van der Waals surface area contributed by atoms with Gasteiger partial charge in [0.15, 0.2) is 0 Å². The van der Waals surface area contributed by atoms with Crippen molar-refractivity contribution in [3.05, 3.63) is 78.0 Å². The molecule has 5 nitrogen and oxygen atoms in total. The van der Waals surface area contributed by atoms with Gasteiger partial charge in [-0.05, 0) is 31.1 Å². The molecule has 0 radical (unpaired) electrons. The molecule has 0 saturated heterocycles. The highest BCUT2D eigenvalue weighted by Gasteiger charge is 2.07. The minimum absolute atomic E-state index is 0.0418. The maximum atomic E-state index is 12.2. The summed E-state index contributed by atoms with van der Waals surface area (Å²) in [6.45, 7) is 3.82. The van der Waals surface area contributed by atoms with Crippen LogP contribution >= 0.6 is 0 Å². The Balaban J connectivity index is 1.46. The van der Waals surface area contributed by atoms with Crippen molar-refractivity contribution in [2.45, 2.75) is 32.4 Å². The molecule has 0 aliphatic rings. The van der Waals surface area contributed by atoms with Crippen LogP contribution in [0.2, 0.25) is 0 Å². The largest absolute Gasteiger partial charge is 0.374 e. The molecule has 154 valence electrons. The molecule has 1 heterocycles. The first-order valence-electron chi connectivity index (χ1n) is 10.3. The fourth-order valence-corrected chi connectivity index (χ4v) is 3.35. The summed E-state index contributed by atoms with van der Waals surface area (Å²) in [5.41, 5.74) is 3.19. The van der Waals surface area contributed by atoms with E-state index in [2.05, 4.69) is 28.1 Å². The number of nitriles is 1. The summed E-state index contributed by atoms with van der Waals surface area (Å²) >= 11 is 0. The summed E-state index contributed by atoms with van der Waals surface area (Å²) in [7, 11) is 0. The van der Waals surface area contributed by atoms with Gasteiger partial charge in [0.1, 0.15) is 0 Å². The molecule has 3 rings (SSSR count). The Morgan fingerprint density at radius 1 is 1.20 bits per heavy atom. The average Bonchev–Trinajstić information content (AvgIpc) is 3.14. The third-order valence-electron chi connectivity index (χ3n) is 4.96. The number of ether oxygens (including phenoxy) is 1. The van der Waals surface area contributed by atoms with Crippen LogP contribution in [0.1, 0.15) is 37.0 Å². The van der Waals surface area contributed by atoms with Crippen molar-refractivity contribution in [3.8, 4) is 6.07 Å². The molecule has 1 aromatic heterocycles. The standard InChI is InChI=1S/C25H27N3O2/c1-20(21-9-3-2-4-10-21)30-18-8-16-27-25(29)14-13-22-19-28(17-7-15-26)24-12-6-5-11-23(22)24/h2-6,9-14,19-20H,7-8,16-18H2,1H3,(H,27,29)/b14-13+/t20-/m0/s1. The molecular formula is C25H27N3O2. The second-order valence-electron chi connectivity index (χ2n) is 7.10. The lowest BCUT2D eigenvalue weighted by Gasteiger charge is -2.13. The second-order valence-corrected chi connectivity index (χ2v) is 7.10. The first kappa shape index (κ1) is 21.4. The monoisotopic (exact) mass is 401 g/mol. The van der Waals surface area contributed by atoms with Crippen LogP contribution in [0.25, 0.3) is 17.0 Å². The van der Waals surface area contributed by atoms with E-state index < -0.39 is 0 Å². The molecule has 1 amide bonds. The highest BCUT2D eigenvalue weighted by molar-refractivity contribution is 5.96. The highest BCUT2D eigenvalue weighted by atomic mass is 16.5. The van der Waals surface area contributed by atoms with E-state index in [-0.39, 0.29) is 12.0 Å². The maximum absolute atomic E-state index is 12.2. The van der Waals surface area contributed by atoms with Crippen LogP contribution in [0.3, 0.4) is 0 Å². The number of aromatic nitrogens is 1. The number of fused-ring (bicyclic) bond motifs is 1. The number of hydrogen-bond acceptors (Lipinski definition) is 3. The van der Waals surface area contributed by atoms with Crippen molar-refractivity contribution in [2.75, 3.05) is 13.2 Å². The molecule has 0 aliphatic carbocycles. The third-order valence-corrected chi connectivity index (χ3v) is 4.96. The predicted molar refractivity (Wildman–Crippen MR) is 120 cm³/mol. The van der Waals surface area contributed by atoms with Crippen molar-refractivity contribution in [1.29, 1.82) is 5.26 Å². The van der Waals surface area contributed by atoms with Gasteiger partial charge in [0.05, 0.1) is 18.6 Å². The molecule has 5 heteroatoms. The number of carbonyl (C=O) groups excluding carboxylic acids is 1. The normalized spacial score (nSPS) is 12.1. The van der Waals surface area contributed by atoms with Gasteiger partial charge in [-0.3, -0.25) is 4.79 Å². The predicted octanol–water partition coefficient (Wildman–Crippen LogP) is 4.85. The second kappa shape index (κ2) is 11.0. The lowest BCUT2D eigenvalue weighted by Crippen LogP contribution is -2.23. The molecule has 3 aromatic rings. The molecule has 30 heavy (non-hydrogen) atoms. The van der Waals surface area contributed by atoms with Crippen molar-refractivity contribution in [2.24, 2.45) is 0 Å². The van der Waals surface area contributed by atoms with E-state index >= 15 is 0 Å². The molecular weight excluding hydrogens is 374 g/mol. The summed E-state index contributed by atoms with van der Waals surface area (Å²) in [6, 6.07) is 20.3. The van der Waals surface area contributed by atoms with Gasteiger partial charge in [-0.1, -0.05) is 48.5 Å². The number of carbonyl (C=O) groups is 1. The van der Waals surface area contributed by atoms with Crippen LogP contribution in [-0.4, -0.2) is 23.6 Å². The van der Waals surface area contributed by atoms with E-state index in [1.807, 2.05) is 61.7 Å². The molecule has 0 bridgehead atoms. The number of para-hydroxylation sites is 1. The van der Waals surface area contributed by atoms with E-state index in [1.54, 1.807) is 6.08 Å². The lowest BCUT2D eigenvalue weighted by molar-refractivity contribution is -0.116. The van der Waals surface area contributed by atoms with Crippen molar-refractivity contribution in [3.63, 3.8) is 0 Å². The number of benzene rings is 2. The van der Waals surface area contributed by atoms with E-state index in [0.29, 0.717) is 26.1 Å². The minimum Gasteiger partial charge on any atom is -0.374 e. The van der Waals surface area contributed by atoms with Crippen molar-refractivity contribution >= 4 is 22.9 Å². The third kappa shape index (κ3) is 5.82. The van der Waals surface area contributed by atoms with Crippen LogP contribution in [0.4, 0.5) is 0 Å². The van der Waals surface area contributed by atoms with E-state index in [1.165, 1.54) is 0 Å². The Hall–Kier alpha value is -3.36. The van der Waals surface area contributed by atoms with Crippen molar-refractivity contribution < 1.29 is 9.53 Å². The minimum atomic E-state index is -0.125. The Kier molecular flexibility index (Phi) is 7.82. The summed E-state index contributed by atoms with van der Waals surface area (Å²) in [5.74, 6) is -0.125. The zero-order valence-corrected chi connectivity index (χ0v) is 17.3. The Bertz CT molecular complexity index is 1030. The summed E-state index contributed by atoms with van der Waals surface area (Å²) in [6.07, 6.45) is 6.63. The van der Waals surface area contributed by atoms with Gasteiger partial charge in [-0.15, -0.1) is 0 Å². The summed E-state index contributed by atoms with van der Waals surface area (Å²) < 4.78 is 7.88. The zero-order chi connectivity index (χ0) is 21.2. The van der Waals surface area contributed by atoms with Gasteiger partial charge >= 0.3 is 0 Å². The van der Waals surface area contributed by atoms with Gasteiger partial charge in [-0.2, -0.15) is 5.26 Å². The first-order chi connectivity index (χ1) is 14.7. The number of nitrogens with one attached hydrogen (secondary N) is 1. The molecule has 0 aliphatic heterocycles. The van der Waals surface area contributed by atoms with Crippen LogP contribution in [0.5, 0.6) is 0 Å². The highest BCUT2D eigenvalue weighted by Crippen LogP contribution is 2.22. The Labute approximate surface area is 177 Å². The molecule has 0 fully saturated rings. The van der Waals surface area contributed by atoms with Crippen LogP contribution in [0, 0.1) is 11.3 Å². The first-order valence-corrected chi connectivity index (χ1v) is 10.3. The summed E-state index contributed by atoms with van der Waals surface area (Å²) in [4.78, 5) is 12.2. The van der Waals surface area contributed by atoms with Gasteiger partial charge in [0.25, 0.3) is 0 Å². The van der Waals surface area contributed by atoms with E-state index in [9.17, 15) is 4.79 Å². The molecule has 0 saturated carbocycles. The Morgan fingerprint density at radius 2 is 1.97 bits per heavy atom. The smallest absolute Gasteiger partial charge is 0.244 e. The van der Waals surface area contributed by atoms with Gasteiger partial charge in [0.2, 0.25) is 5.91 Å². The lowest BCUT2D eigenvalue weighted by atomic mass is 10.1. The average molecular weight is 402 g/mol. The molecule has 0 spiro atoms. The quantitative estimate of drug-likeness (QED) is 0.390. The number of amides is 1. The van der Waals surface area contributed by atoms with Crippen LogP contribution in [-0.2, 0) is 16.1 Å². The maximum Gasteiger partial charge on any atom is 0.244 e. The van der Waals surface area contributed by atoms with Gasteiger partial charge in [0, 0.05) is 48.4 Å². The molecule has 1 atom stereocenters. The van der Waals surface area contributed by atoms with Gasteiger partial charge in [-0.25, -0.2) is 0 Å². The molecule has 1 N–H and O–H groups in total. The van der Waals surface area contributed by atoms with Gasteiger partial charge < -0.3 is 14.6 Å². The zero-order valence-electron chi connectivity index (χ0n) is 17.3. The van der Waals surface area contributed by atoms with Crippen molar-refractivity contribution in [1.82, 2.24) is 9.88 Å². The summed E-state index contributed by atoms with van der Waals surface area (Å²) in [5, 5.41) is 12.8. The van der Waals surface area contributed by atoms with E-state index in [0.717, 1.165) is 28.5 Å². The van der Waals surface area contributed by atoms with Crippen LogP contribution in [0.15, 0.2) is 66.9 Å². The fraction of sp³-hybridized carbons (Fsp3) is 0.280. The number of aryl methyl sites for hydroxylation is 1. The molecule has 0 unspecified atom stereocenters. The number of hydrogen-bond donors (Lipinski definition) is 1. The molecule has 2 aromatic carbocycles.